The van der Waals surface area contributed by atoms with Crippen LogP contribution in [0.1, 0.15) is 50.3 Å². The lowest BCUT2D eigenvalue weighted by atomic mass is 10.2. The van der Waals surface area contributed by atoms with Crippen LogP contribution in [0.25, 0.3) is 0 Å². The molecule has 84 valence electrons. The van der Waals surface area contributed by atoms with E-state index in [1.807, 2.05) is 11.3 Å². The number of hydrogen-bond donors (Lipinski definition) is 0. The molecule has 0 spiro atoms. The minimum atomic E-state index is 0.614. The van der Waals surface area contributed by atoms with E-state index in [4.69, 9.17) is 0 Å². The van der Waals surface area contributed by atoms with Crippen molar-refractivity contribution in [2.75, 3.05) is 18.0 Å². The smallest absolute Gasteiger partial charge is 0.185 e. The van der Waals surface area contributed by atoms with Crippen molar-refractivity contribution in [3.63, 3.8) is 0 Å². The van der Waals surface area contributed by atoms with Gasteiger partial charge in [-0.2, -0.15) is 0 Å². The molecular formula is C12H20N2S. The monoisotopic (exact) mass is 224 g/mol. The maximum Gasteiger partial charge on any atom is 0.185 e. The summed E-state index contributed by atoms with van der Waals surface area (Å²) in [5.41, 5.74) is 0. The zero-order chi connectivity index (χ0) is 10.7. The van der Waals surface area contributed by atoms with E-state index in [0.717, 1.165) is 0 Å². The lowest BCUT2D eigenvalue weighted by Crippen LogP contribution is -2.23. The predicted molar refractivity (Wildman–Crippen MR) is 66.9 cm³/mol. The Morgan fingerprint density at radius 2 is 1.87 bits per heavy atom. The molecule has 0 unspecified atom stereocenters. The van der Waals surface area contributed by atoms with Crippen molar-refractivity contribution in [2.45, 2.75) is 45.4 Å². The number of hydrogen-bond acceptors (Lipinski definition) is 3. The fraction of sp³-hybridized carbons (Fsp3) is 0.750. The first kappa shape index (κ1) is 10.9. The summed E-state index contributed by atoms with van der Waals surface area (Å²) in [7, 11) is 0. The van der Waals surface area contributed by atoms with Crippen molar-refractivity contribution in [3.05, 3.63) is 11.1 Å². The van der Waals surface area contributed by atoms with Gasteiger partial charge in [-0.15, -0.1) is 11.3 Å². The van der Waals surface area contributed by atoms with Crippen molar-refractivity contribution in [2.24, 2.45) is 0 Å². The summed E-state index contributed by atoms with van der Waals surface area (Å²) in [5.74, 6) is 0.614. The number of rotatable bonds is 2. The van der Waals surface area contributed by atoms with Crippen LogP contribution in [0, 0.1) is 0 Å². The number of nitrogens with zero attached hydrogens (tertiary/aromatic N) is 2. The van der Waals surface area contributed by atoms with E-state index < -0.39 is 0 Å². The van der Waals surface area contributed by atoms with Crippen molar-refractivity contribution in [1.29, 1.82) is 0 Å². The highest BCUT2D eigenvalue weighted by atomic mass is 32.1. The van der Waals surface area contributed by atoms with E-state index in [1.165, 1.54) is 48.8 Å². The minimum Gasteiger partial charge on any atom is -0.348 e. The molecule has 1 aliphatic rings. The fourth-order valence-corrected chi connectivity index (χ4v) is 2.92. The molecule has 3 heteroatoms. The molecule has 2 nitrogen and oxygen atoms in total. The Labute approximate surface area is 96.3 Å². The first-order valence-electron chi connectivity index (χ1n) is 5.98. The number of aromatic nitrogens is 1. The lowest BCUT2D eigenvalue weighted by molar-refractivity contribution is 0.726. The van der Waals surface area contributed by atoms with Gasteiger partial charge in [-0.1, -0.05) is 26.7 Å². The minimum absolute atomic E-state index is 0.614. The van der Waals surface area contributed by atoms with E-state index in [9.17, 15) is 0 Å². The van der Waals surface area contributed by atoms with Gasteiger partial charge in [0.2, 0.25) is 0 Å². The predicted octanol–water partition coefficient (Wildman–Crippen LogP) is 3.65. The van der Waals surface area contributed by atoms with Gasteiger partial charge >= 0.3 is 0 Å². The summed E-state index contributed by atoms with van der Waals surface area (Å²) in [6.07, 6.45) is 7.49. The average Bonchev–Trinajstić information content (AvgIpc) is 2.55. The molecule has 2 rings (SSSR count). The van der Waals surface area contributed by atoms with E-state index >= 15 is 0 Å². The van der Waals surface area contributed by atoms with Crippen LogP contribution in [-0.2, 0) is 0 Å². The molecule has 0 aliphatic carbocycles. The Bertz CT molecular complexity index is 298. The standard InChI is InChI=1S/C12H20N2S/c1-10(2)11-9-13-12(15-11)14-7-5-3-4-6-8-14/h9-10H,3-8H2,1-2H3. The molecule has 2 heterocycles. The molecule has 0 radical (unpaired) electrons. The van der Waals surface area contributed by atoms with Gasteiger partial charge in [-0.3, -0.25) is 0 Å². The maximum atomic E-state index is 4.55. The quantitative estimate of drug-likeness (QED) is 0.762. The highest BCUT2D eigenvalue weighted by Crippen LogP contribution is 2.29. The van der Waals surface area contributed by atoms with Crippen LogP contribution >= 0.6 is 11.3 Å². The SMILES string of the molecule is CC(C)c1cnc(N2CCCCCC2)s1. The van der Waals surface area contributed by atoms with E-state index in [-0.39, 0.29) is 0 Å². The Hall–Kier alpha value is -0.570. The summed E-state index contributed by atoms with van der Waals surface area (Å²) in [6.45, 7) is 6.87. The fourth-order valence-electron chi connectivity index (χ4n) is 1.95. The maximum absolute atomic E-state index is 4.55. The molecule has 1 aliphatic heterocycles. The van der Waals surface area contributed by atoms with Gasteiger partial charge in [-0.05, 0) is 18.8 Å². The Kier molecular flexibility index (Phi) is 3.62. The second-order valence-corrected chi connectivity index (χ2v) is 5.64. The van der Waals surface area contributed by atoms with E-state index in [2.05, 4.69) is 29.9 Å². The summed E-state index contributed by atoms with van der Waals surface area (Å²) < 4.78 is 0. The van der Waals surface area contributed by atoms with Gasteiger partial charge in [0.25, 0.3) is 0 Å². The molecule has 0 aromatic carbocycles. The second-order valence-electron chi connectivity index (χ2n) is 4.60. The molecule has 1 aromatic heterocycles. The third kappa shape index (κ3) is 2.71. The van der Waals surface area contributed by atoms with Crippen LogP contribution in [0.15, 0.2) is 6.20 Å². The number of thiazole rings is 1. The largest absolute Gasteiger partial charge is 0.348 e. The zero-order valence-electron chi connectivity index (χ0n) is 9.70. The third-order valence-electron chi connectivity index (χ3n) is 2.96. The summed E-state index contributed by atoms with van der Waals surface area (Å²) in [5, 5.41) is 1.24. The summed E-state index contributed by atoms with van der Waals surface area (Å²) >= 11 is 1.87. The molecule has 15 heavy (non-hydrogen) atoms. The molecule has 1 saturated heterocycles. The van der Waals surface area contributed by atoms with E-state index in [0.29, 0.717) is 5.92 Å². The van der Waals surface area contributed by atoms with Gasteiger partial charge in [0, 0.05) is 24.2 Å². The van der Waals surface area contributed by atoms with Crippen LogP contribution in [0.2, 0.25) is 0 Å². The van der Waals surface area contributed by atoms with Gasteiger partial charge in [-0.25, -0.2) is 4.98 Å². The van der Waals surface area contributed by atoms with E-state index in [1.54, 1.807) is 0 Å². The van der Waals surface area contributed by atoms with Crippen LogP contribution in [0.3, 0.4) is 0 Å². The highest BCUT2D eigenvalue weighted by molar-refractivity contribution is 7.15. The molecule has 1 aromatic rings. The first-order valence-corrected chi connectivity index (χ1v) is 6.79. The van der Waals surface area contributed by atoms with Gasteiger partial charge in [0.1, 0.15) is 0 Å². The van der Waals surface area contributed by atoms with Gasteiger partial charge in [0.15, 0.2) is 5.13 Å². The third-order valence-corrected chi connectivity index (χ3v) is 4.32. The van der Waals surface area contributed by atoms with Crippen LogP contribution in [-0.4, -0.2) is 18.1 Å². The Morgan fingerprint density at radius 3 is 2.40 bits per heavy atom. The number of anilines is 1. The van der Waals surface area contributed by atoms with Crippen LogP contribution in [0.4, 0.5) is 5.13 Å². The van der Waals surface area contributed by atoms with Gasteiger partial charge in [0.05, 0.1) is 0 Å². The first-order chi connectivity index (χ1) is 7.27. The molecular weight excluding hydrogens is 204 g/mol. The molecule has 0 amide bonds. The van der Waals surface area contributed by atoms with Crippen molar-refractivity contribution < 1.29 is 0 Å². The second kappa shape index (κ2) is 4.97. The van der Waals surface area contributed by atoms with Crippen molar-refractivity contribution in [3.8, 4) is 0 Å². The topological polar surface area (TPSA) is 16.1 Å². The Morgan fingerprint density at radius 1 is 1.20 bits per heavy atom. The normalized spacial score (nSPS) is 18.2. The summed E-state index contributed by atoms with van der Waals surface area (Å²) in [4.78, 5) is 8.42. The average molecular weight is 224 g/mol. The summed E-state index contributed by atoms with van der Waals surface area (Å²) in [6, 6.07) is 0. The molecule has 0 bridgehead atoms. The Balaban J connectivity index is 2.06. The van der Waals surface area contributed by atoms with Crippen molar-refractivity contribution in [1.82, 2.24) is 4.98 Å². The van der Waals surface area contributed by atoms with Crippen LogP contribution in [0.5, 0.6) is 0 Å². The molecule has 0 saturated carbocycles. The van der Waals surface area contributed by atoms with Gasteiger partial charge < -0.3 is 4.90 Å². The molecule has 1 fully saturated rings. The van der Waals surface area contributed by atoms with Crippen molar-refractivity contribution >= 4 is 16.5 Å². The zero-order valence-corrected chi connectivity index (χ0v) is 10.5. The highest BCUT2D eigenvalue weighted by Gasteiger charge is 2.14. The molecule has 0 N–H and O–H groups in total. The molecule has 0 atom stereocenters. The van der Waals surface area contributed by atoms with Crippen LogP contribution < -0.4 is 4.90 Å². The lowest BCUT2D eigenvalue weighted by Gasteiger charge is -2.18.